The Balaban J connectivity index is 1.23. The zero-order valence-corrected chi connectivity index (χ0v) is 37.0. The smallest absolute Gasteiger partial charge is 0.408 e. The van der Waals surface area contributed by atoms with Crippen molar-refractivity contribution in [1.82, 2.24) is 25.5 Å². The Morgan fingerprint density at radius 2 is 1.78 bits per heavy atom. The Hall–Kier alpha value is -4.24. The van der Waals surface area contributed by atoms with E-state index >= 15 is 0 Å². The van der Waals surface area contributed by atoms with Crippen LogP contribution in [0.15, 0.2) is 41.8 Å². The van der Waals surface area contributed by atoms with Gasteiger partial charge in [-0.3, -0.25) is 14.2 Å². The summed E-state index contributed by atoms with van der Waals surface area (Å²) < 4.78 is 44.4. The van der Waals surface area contributed by atoms with Crippen LogP contribution >= 0.6 is 18.9 Å². The second kappa shape index (κ2) is 19.2. The summed E-state index contributed by atoms with van der Waals surface area (Å²) in [5.74, 6) is -0.0654. The summed E-state index contributed by atoms with van der Waals surface area (Å²) in [4.78, 5) is 54.1. The van der Waals surface area contributed by atoms with Gasteiger partial charge in [0.2, 0.25) is 11.8 Å². The van der Waals surface area contributed by atoms with Gasteiger partial charge in [-0.15, -0.1) is 11.3 Å². The average Bonchev–Trinajstić information content (AvgIpc) is 3.64. The summed E-state index contributed by atoms with van der Waals surface area (Å²) in [5, 5.41) is 11.5. The molecule has 3 aromatic rings. The number of methoxy groups -OCH3 is 1. The molecule has 1 saturated heterocycles. The van der Waals surface area contributed by atoms with Gasteiger partial charge in [0, 0.05) is 41.3 Å². The molecule has 4 aliphatic rings. The van der Waals surface area contributed by atoms with Crippen molar-refractivity contribution in [1.29, 1.82) is 0 Å². The van der Waals surface area contributed by atoms with Crippen LogP contribution in [0.25, 0.3) is 22.3 Å². The number of ether oxygens (including phenoxy) is 3. The summed E-state index contributed by atoms with van der Waals surface area (Å²) in [7, 11) is -2.27. The molecular formula is C43H59N6O9PS. The van der Waals surface area contributed by atoms with E-state index in [-0.39, 0.29) is 44.2 Å². The summed E-state index contributed by atoms with van der Waals surface area (Å²) in [5.41, 5.74) is 1.87. The fourth-order valence-corrected chi connectivity index (χ4v) is 11.8. The van der Waals surface area contributed by atoms with Crippen molar-refractivity contribution in [2.75, 3.05) is 32.2 Å². The molecular weight excluding hydrogens is 808 g/mol. The zero-order chi connectivity index (χ0) is 42.4. The Labute approximate surface area is 356 Å². The van der Waals surface area contributed by atoms with Crippen molar-refractivity contribution < 1.29 is 42.2 Å². The van der Waals surface area contributed by atoms with Crippen LogP contribution in [0.3, 0.4) is 0 Å². The van der Waals surface area contributed by atoms with E-state index in [1.807, 2.05) is 49.6 Å². The van der Waals surface area contributed by atoms with E-state index in [2.05, 4.69) is 22.0 Å². The lowest BCUT2D eigenvalue weighted by Crippen LogP contribution is -2.55. The first-order chi connectivity index (χ1) is 28.9. The second-order valence-electron chi connectivity index (χ2n) is 16.3. The molecule has 0 bridgehead atoms. The van der Waals surface area contributed by atoms with Crippen LogP contribution in [-0.2, 0) is 27.9 Å². The molecule has 60 heavy (non-hydrogen) atoms. The van der Waals surface area contributed by atoms with Gasteiger partial charge in [-0.25, -0.2) is 14.8 Å². The van der Waals surface area contributed by atoms with E-state index in [9.17, 15) is 18.9 Å². The number of hydrogen-bond donors (Lipinski definition) is 3. The number of benzene rings is 1. The molecule has 326 valence electrons. The van der Waals surface area contributed by atoms with Gasteiger partial charge in [-0.05, 0) is 91.2 Å². The number of alkyl carbamates (subject to hydrolysis) is 1. The van der Waals surface area contributed by atoms with Crippen molar-refractivity contribution in [3.63, 3.8) is 0 Å². The summed E-state index contributed by atoms with van der Waals surface area (Å²) in [6.45, 7) is 7.89. The van der Waals surface area contributed by atoms with Crippen LogP contribution in [0, 0.1) is 5.92 Å². The molecule has 0 spiro atoms. The summed E-state index contributed by atoms with van der Waals surface area (Å²) >= 11 is 1.48. The lowest BCUT2D eigenvalue weighted by molar-refractivity contribution is -0.140. The maximum atomic E-state index is 14.8. The average molecular weight is 867 g/mol. The van der Waals surface area contributed by atoms with E-state index in [1.165, 1.54) is 16.2 Å². The standard InChI is InChI=1S/C43H59N6O9PS/c1-6-55-59(53,56-7-2)43-24-28(43)15-11-9-8-10-12-18-33(47-42(52)58-29-16-13-14-17-29)40(51)49-25-31(22-37(49)39(50)48-43)57-38-23-35(36-26-60-41(46-36)44-27(3)4)45-34-21-30(54-5)19-20-32(34)38/h11,15,19-21,23,26-29,31,33,37H,6-10,12-14,16-18,22,24-25H2,1-5H3,(H,44,46)(H,47,52)(H,48,50)/b15-11-/t28?,31-,33+,37+,43?/m1/s1. The van der Waals surface area contributed by atoms with Gasteiger partial charge in [-0.2, -0.15) is 0 Å². The minimum atomic E-state index is -3.86. The third kappa shape index (κ3) is 9.77. The number of hydrogen-bond acceptors (Lipinski definition) is 13. The van der Waals surface area contributed by atoms with Crippen molar-refractivity contribution in [2.45, 2.75) is 134 Å². The Morgan fingerprint density at radius 1 is 1.02 bits per heavy atom. The highest BCUT2D eigenvalue weighted by Gasteiger charge is 2.68. The van der Waals surface area contributed by atoms with Crippen LogP contribution in [0.2, 0.25) is 0 Å². The number of anilines is 1. The van der Waals surface area contributed by atoms with Gasteiger partial charge < -0.3 is 44.1 Å². The molecule has 0 radical (unpaired) electrons. The first-order valence-corrected chi connectivity index (χ1v) is 23.9. The topological polar surface area (TPSA) is 180 Å². The van der Waals surface area contributed by atoms with Gasteiger partial charge in [0.15, 0.2) is 5.13 Å². The predicted molar refractivity (Wildman–Crippen MR) is 230 cm³/mol. The number of aromatic nitrogens is 2. The predicted octanol–water partition coefficient (Wildman–Crippen LogP) is 8.19. The Morgan fingerprint density at radius 3 is 2.52 bits per heavy atom. The maximum absolute atomic E-state index is 14.8. The number of carbonyl (C=O) groups is 3. The molecule has 2 aromatic heterocycles. The Kier molecular flexibility index (Phi) is 14.0. The number of thiazole rings is 1. The van der Waals surface area contributed by atoms with Crippen LogP contribution < -0.4 is 25.4 Å². The lowest BCUT2D eigenvalue weighted by Gasteiger charge is -2.32. The minimum absolute atomic E-state index is 0.0478. The highest BCUT2D eigenvalue weighted by molar-refractivity contribution is 7.56. The largest absolute Gasteiger partial charge is 0.497 e. The molecule has 2 unspecified atom stereocenters. The van der Waals surface area contributed by atoms with Crippen molar-refractivity contribution >= 4 is 52.9 Å². The summed E-state index contributed by atoms with van der Waals surface area (Å²) in [6.07, 6.45) is 10.1. The number of amides is 3. The van der Waals surface area contributed by atoms with Crippen LogP contribution in [0.4, 0.5) is 9.93 Å². The van der Waals surface area contributed by atoms with Crippen LogP contribution in [0.5, 0.6) is 11.5 Å². The SMILES string of the molecule is CCOP(=O)(OCC)C12CC1/C=C\CCCCC[C@H](NC(=O)OC1CCCC1)C(=O)N1C[C@H](Oc3cc(-c4csc(NC(C)C)n4)nc4cc(OC)ccc34)C[C@H]1C(=O)N2. The molecule has 5 atom stereocenters. The Bertz CT molecular complexity index is 2080. The zero-order valence-electron chi connectivity index (χ0n) is 35.3. The molecule has 3 amide bonds. The molecule has 15 nitrogen and oxygen atoms in total. The molecule has 2 saturated carbocycles. The van der Waals surface area contributed by atoms with Gasteiger partial charge in [0.25, 0.3) is 0 Å². The number of nitrogens with zero attached hydrogens (tertiary/aromatic N) is 3. The number of nitrogens with one attached hydrogen (secondary N) is 3. The van der Waals surface area contributed by atoms with Gasteiger partial charge in [-0.1, -0.05) is 25.0 Å². The number of carbonyl (C=O) groups excluding carboxylic acids is 3. The molecule has 4 heterocycles. The number of fused-ring (bicyclic) bond motifs is 3. The van der Waals surface area contributed by atoms with E-state index in [4.69, 9.17) is 33.2 Å². The van der Waals surface area contributed by atoms with Gasteiger partial charge in [0.05, 0.1) is 38.1 Å². The fraction of sp³-hybridized carbons (Fsp3) is 0.605. The van der Waals surface area contributed by atoms with Crippen molar-refractivity contribution in [3.05, 3.63) is 41.8 Å². The highest BCUT2D eigenvalue weighted by atomic mass is 32.1. The third-order valence-corrected chi connectivity index (χ3v) is 15.2. The monoisotopic (exact) mass is 866 g/mol. The molecule has 17 heteroatoms. The van der Waals surface area contributed by atoms with Crippen molar-refractivity contribution in [2.24, 2.45) is 5.92 Å². The number of allylic oxidation sites excluding steroid dienone is 1. The van der Waals surface area contributed by atoms with Gasteiger partial charge in [0.1, 0.15) is 46.8 Å². The van der Waals surface area contributed by atoms with E-state index in [0.717, 1.165) is 50.1 Å². The number of rotatable bonds is 13. The molecule has 7 rings (SSSR count). The first kappa shape index (κ1) is 43.8. The van der Waals surface area contributed by atoms with Crippen LogP contribution in [0.1, 0.15) is 98.3 Å². The highest BCUT2D eigenvalue weighted by Crippen LogP contribution is 2.73. The second-order valence-corrected chi connectivity index (χ2v) is 19.5. The quantitative estimate of drug-likeness (QED) is 0.111. The molecule has 2 aliphatic heterocycles. The van der Waals surface area contributed by atoms with Crippen molar-refractivity contribution in [3.8, 4) is 22.9 Å². The molecule has 3 N–H and O–H groups in total. The van der Waals surface area contributed by atoms with E-state index in [0.29, 0.717) is 53.1 Å². The first-order valence-electron chi connectivity index (χ1n) is 21.5. The third-order valence-electron chi connectivity index (χ3n) is 11.6. The summed E-state index contributed by atoms with van der Waals surface area (Å²) in [6, 6.07) is 5.60. The van der Waals surface area contributed by atoms with E-state index in [1.54, 1.807) is 21.0 Å². The fourth-order valence-electron chi connectivity index (χ4n) is 8.57. The van der Waals surface area contributed by atoms with E-state index < -0.39 is 49.0 Å². The van der Waals surface area contributed by atoms with Gasteiger partial charge >= 0.3 is 13.7 Å². The normalized spacial score (nSPS) is 25.8. The molecule has 2 aliphatic carbocycles. The number of pyridine rings is 1. The van der Waals surface area contributed by atoms with Crippen LogP contribution in [-0.4, -0.2) is 95.3 Å². The molecule has 1 aromatic carbocycles. The lowest BCUT2D eigenvalue weighted by atomic mass is 10.0. The minimum Gasteiger partial charge on any atom is -0.497 e. The maximum Gasteiger partial charge on any atom is 0.408 e. The molecule has 3 fully saturated rings.